The Morgan fingerprint density at radius 2 is 1.83 bits per heavy atom. The Labute approximate surface area is 175 Å². The highest BCUT2D eigenvalue weighted by molar-refractivity contribution is 5.99. The van der Waals surface area contributed by atoms with Gasteiger partial charge in [-0.2, -0.15) is 4.98 Å². The molecule has 7 nitrogen and oxygen atoms in total. The van der Waals surface area contributed by atoms with Gasteiger partial charge in [-0.05, 0) is 36.1 Å². The fourth-order valence-corrected chi connectivity index (χ4v) is 3.08. The molecule has 0 aliphatic rings. The first kappa shape index (κ1) is 21.2. The number of benzene rings is 2. The van der Waals surface area contributed by atoms with Crippen LogP contribution in [0.4, 0.5) is 5.69 Å². The quantitative estimate of drug-likeness (QED) is 0.616. The predicted octanol–water partition coefficient (Wildman–Crippen LogP) is 4.10. The van der Waals surface area contributed by atoms with Crippen LogP contribution in [0.25, 0.3) is 11.4 Å². The molecular formula is C23H26N4O3. The van der Waals surface area contributed by atoms with Crippen molar-refractivity contribution in [3.05, 3.63) is 65.0 Å². The molecule has 0 atom stereocenters. The molecule has 0 spiro atoms. The van der Waals surface area contributed by atoms with Crippen LogP contribution >= 0.6 is 0 Å². The number of hydrogen-bond donors (Lipinski definition) is 2. The fraction of sp³-hybridized carbons (Fsp3) is 0.304. The molecule has 0 radical (unpaired) electrons. The normalized spacial score (nSPS) is 10.8. The lowest BCUT2D eigenvalue weighted by Crippen LogP contribution is -2.20. The minimum Gasteiger partial charge on any atom is -0.355 e. The van der Waals surface area contributed by atoms with Crippen molar-refractivity contribution in [2.45, 2.75) is 39.5 Å². The third-order valence-corrected chi connectivity index (χ3v) is 4.95. The number of carbonyl (C=O) groups is 2. The Morgan fingerprint density at radius 3 is 2.50 bits per heavy atom. The molecule has 1 aromatic heterocycles. The van der Waals surface area contributed by atoms with E-state index in [1.165, 1.54) is 5.56 Å². The molecule has 0 aliphatic carbocycles. The third-order valence-electron chi connectivity index (χ3n) is 4.95. The molecule has 2 N–H and O–H groups in total. The van der Waals surface area contributed by atoms with E-state index in [4.69, 9.17) is 4.52 Å². The van der Waals surface area contributed by atoms with Gasteiger partial charge in [-0.1, -0.05) is 49.3 Å². The summed E-state index contributed by atoms with van der Waals surface area (Å²) in [5, 5.41) is 9.46. The molecule has 0 fully saturated rings. The number of nitrogens with zero attached hydrogens (tertiary/aromatic N) is 2. The summed E-state index contributed by atoms with van der Waals surface area (Å²) in [6.45, 7) is 6.08. The maximum absolute atomic E-state index is 12.4. The average Bonchev–Trinajstić information content (AvgIpc) is 3.22. The smallest absolute Gasteiger partial charge is 0.251 e. The van der Waals surface area contributed by atoms with E-state index in [0.29, 0.717) is 35.3 Å². The summed E-state index contributed by atoms with van der Waals surface area (Å²) in [5.74, 6) is 0.995. The van der Waals surface area contributed by atoms with E-state index in [1.807, 2.05) is 12.1 Å². The van der Waals surface area contributed by atoms with E-state index in [2.05, 4.69) is 46.8 Å². The highest BCUT2D eigenvalue weighted by Gasteiger charge is 2.14. The van der Waals surface area contributed by atoms with Crippen molar-refractivity contribution in [1.82, 2.24) is 15.5 Å². The molecule has 3 rings (SSSR count). The lowest BCUT2D eigenvalue weighted by molar-refractivity contribution is -0.116. The summed E-state index contributed by atoms with van der Waals surface area (Å²) in [6, 6.07) is 13.3. The molecule has 156 valence electrons. The van der Waals surface area contributed by atoms with Crippen molar-refractivity contribution in [1.29, 1.82) is 0 Å². The van der Waals surface area contributed by atoms with Gasteiger partial charge >= 0.3 is 0 Å². The average molecular weight is 406 g/mol. The highest BCUT2D eigenvalue weighted by atomic mass is 16.5. The van der Waals surface area contributed by atoms with Crippen LogP contribution in [0.2, 0.25) is 0 Å². The molecule has 0 saturated heterocycles. The van der Waals surface area contributed by atoms with Gasteiger partial charge in [0.2, 0.25) is 17.6 Å². The van der Waals surface area contributed by atoms with Crippen LogP contribution in [0.5, 0.6) is 0 Å². The van der Waals surface area contributed by atoms with Gasteiger partial charge in [-0.15, -0.1) is 0 Å². The Bertz CT molecular complexity index is 1040. The van der Waals surface area contributed by atoms with E-state index in [1.54, 1.807) is 32.2 Å². The molecule has 2 amide bonds. The molecule has 0 bridgehead atoms. The zero-order valence-corrected chi connectivity index (χ0v) is 17.7. The monoisotopic (exact) mass is 406 g/mol. The summed E-state index contributed by atoms with van der Waals surface area (Å²) in [6.07, 6.45) is 0.522. The van der Waals surface area contributed by atoms with Crippen LogP contribution in [-0.4, -0.2) is 29.0 Å². The molecule has 1 heterocycles. The zero-order chi connectivity index (χ0) is 21.7. The van der Waals surface area contributed by atoms with Gasteiger partial charge in [0.05, 0.1) is 0 Å². The number of amides is 2. The summed E-state index contributed by atoms with van der Waals surface area (Å²) < 4.78 is 5.29. The van der Waals surface area contributed by atoms with Crippen LogP contribution in [0.15, 0.2) is 47.0 Å². The minimum absolute atomic E-state index is 0.187. The van der Waals surface area contributed by atoms with Gasteiger partial charge in [0.1, 0.15) is 0 Å². The lowest BCUT2D eigenvalue weighted by atomic mass is 10.0. The maximum atomic E-state index is 12.4. The van der Waals surface area contributed by atoms with Gasteiger partial charge in [-0.3, -0.25) is 9.59 Å². The topological polar surface area (TPSA) is 97.1 Å². The molecular weight excluding hydrogens is 380 g/mol. The number of aryl methyl sites for hydroxylation is 1. The second kappa shape index (κ2) is 9.35. The van der Waals surface area contributed by atoms with Gasteiger partial charge in [0.15, 0.2) is 0 Å². The highest BCUT2D eigenvalue weighted by Crippen LogP contribution is 2.22. The Morgan fingerprint density at radius 1 is 1.10 bits per heavy atom. The second-order valence-electron chi connectivity index (χ2n) is 7.39. The van der Waals surface area contributed by atoms with Crippen LogP contribution in [-0.2, 0) is 11.2 Å². The zero-order valence-electron chi connectivity index (χ0n) is 17.7. The first-order valence-electron chi connectivity index (χ1n) is 9.93. The van der Waals surface area contributed by atoms with Gasteiger partial charge in [0, 0.05) is 36.7 Å². The van der Waals surface area contributed by atoms with E-state index in [9.17, 15) is 9.59 Å². The van der Waals surface area contributed by atoms with Gasteiger partial charge in [0.25, 0.3) is 5.91 Å². The van der Waals surface area contributed by atoms with Gasteiger partial charge in [-0.25, -0.2) is 0 Å². The van der Waals surface area contributed by atoms with Crippen molar-refractivity contribution in [3.63, 3.8) is 0 Å². The molecule has 30 heavy (non-hydrogen) atoms. The molecule has 2 aromatic carbocycles. The van der Waals surface area contributed by atoms with Crippen molar-refractivity contribution >= 4 is 17.5 Å². The van der Waals surface area contributed by atoms with E-state index in [0.717, 1.165) is 11.1 Å². The largest absolute Gasteiger partial charge is 0.355 e. The Kier molecular flexibility index (Phi) is 6.61. The first-order valence-corrected chi connectivity index (χ1v) is 9.93. The molecule has 0 saturated carbocycles. The fourth-order valence-electron chi connectivity index (χ4n) is 3.08. The van der Waals surface area contributed by atoms with E-state index >= 15 is 0 Å². The van der Waals surface area contributed by atoms with E-state index < -0.39 is 0 Å². The molecule has 3 aromatic rings. The predicted molar refractivity (Wildman–Crippen MR) is 115 cm³/mol. The molecule has 0 aliphatic heterocycles. The summed E-state index contributed by atoms with van der Waals surface area (Å²) >= 11 is 0. The number of carbonyl (C=O) groups excluding carboxylic acids is 2. The molecule has 0 unspecified atom stereocenters. The van der Waals surface area contributed by atoms with E-state index in [-0.39, 0.29) is 18.2 Å². The second-order valence-corrected chi connectivity index (χ2v) is 7.39. The summed E-state index contributed by atoms with van der Waals surface area (Å²) in [7, 11) is 1.57. The number of anilines is 1. The van der Waals surface area contributed by atoms with Crippen LogP contribution in [0.3, 0.4) is 0 Å². The molecule has 7 heteroatoms. The van der Waals surface area contributed by atoms with Crippen LogP contribution < -0.4 is 10.6 Å². The number of rotatable bonds is 7. The third kappa shape index (κ3) is 4.92. The van der Waals surface area contributed by atoms with Crippen LogP contribution in [0, 0.1) is 6.92 Å². The lowest BCUT2D eigenvalue weighted by Gasteiger charge is -2.11. The summed E-state index contributed by atoms with van der Waals surface area (Å²) in [4.78, 5) is 28.7. The van der Waals surface area contributed by atoms with Crippen molar-refractivity contribution in [2.75, 3.05) is 12.4 Å². The SMILES string of the molecule is CNC(=O)c1cccc(NC(=O)CCc2nc(-c3ccc(C(C)C)cc3)no2)c1C. The van der Waals surface area contributed by atoms with Crippen molar-refractivity contribution in [3.8, 4) is 11.4 Å². The van der Waals surface area contributed by atoms with Gasteiger partial charge < -0.3 is 15.2 Å². The standard InChI is InChI=1S/C23H26N4O3/c1-14(2)16-8-10-17(11-9-16)22-26-21(30-27-22)13-12-20(28)25-19-7-5-6-18(15(19)3)23(29)24-4/h5-11,14H,12-13H2,1-4H3,(H,24,29)(H,25,28). The first-order chi connectivity index (χ1) is 14.4. The van der Waals surface area contributed by atoms with Crippen molar-refractivity contribution < 1.29 is 14.1 Å². The summed E-state index contributed by atoms with van der Waals surface area (Å²) in [5.41, 5.74) is 3.98. The van der Waals surface area contributed by atoms with Crippen molar-refractivity contribution in [2.24, 2.45) is 0 Å². The number of aromatic nitrogens is 2. The Balaban J connectivity index is 1.60. The number of nitrogens with one attached hydrogen (secondary N) is 2. The maximum Gasteiger partial charge on any atom is 0.251 e. The number of hydrogen-bond acceptors (Lipinski definition) is 5. The van der Waals surface area contributed by atoms with Crippen LogP contribution in [0.1, 0.15) is 53.6 Å². The minimum atomic E-state index is -0.191. The Hall–Kier alpha value is -3.48.